The maximum absolute atomic E-state index is 11.9. The molecule has 272 valence electrons. The van der Waals surface area contributed by atoms with E-state index in [0.29, 0.717) is 42.7 Å². The average molecular weight is 715 g/mol. The van der Waals surface area contributed by atoms with E-state index in [1.807, 2.05) is 30.4 Å². The Balaban J connectivity index is 0.000000260. The lowest BCUT2D eigenvalue weighted by Crippen LogP contribution is -2.40. The van der Waals surface area contributed by atoms with Crippen molar-refractivity contribution in [2.45, 2.75) is 144 Å². The van der Waals surface area contributed by atoms with E-state index in [-0.39, 0.29) is 54.5 Å². The van der Waals surface area contributed by atoms with Gasteiger partial charge in [0.1, 0.15) is 6.04 Å². The van der Waals surface area contributed by atoms with Gasteiger partial charge in [-0.3, -0.25) is 14.4 Å². The minimum absolute atomic E-state index is 0.0574. The number of rotatable bonds is 21. The zero-order valence-corrected chi connectivity index (χ0v) is 29.6. The summed E-state index contributed by atoms with van der Waals surface area (Å²) in [5.41, 5.74) is 0. The van der Waals surface area contributed by atoms with E-state index in [9.17, 15) is 28.8 Å². The van der Waals surface area contributed by atoms with E-state index in [1.54, 1.807) is 0 Å². The summed E-state index contributed by atoms with van der Waals surface area (Å²) in [6.45, 7) is 2.62. The fourth-order valence-electron chi connectivity index (χ4n) is 6.37. The molecule has 48 heavy (non-hydrogen) atoms. The molecule has 7 atom stereocenters. The molecule has 1 unspecified atom stereocenters. The summed E-state index contributed by atoms with van der Waals surface area (Å²) in [4.78, 5) is 67.7. The number of fused-ring (bicyclic) bond motifs is 2. The van der Waals surface area contributed by atoms with Crippen molar-refractivity contribution < 1.29 is 39.0 Å². The zero-order chi connectivity index (χ0) is 34.9. The van der Waals surface area contributed by atoms with E-state index in [0.717, 1.165) is 75.7 Å². The maximum Gasteiger partial charge on any atom is 0.326 e. The number of hydrogen-bond donors (Lipinski definition) is 8. The molecule has 14 nitrogen and oxygen atoms in total. The number of carbonyl (C=O) groups excluding carboxylic acids is 4. The molecule has 4 aliphatic heterocycles. The summed E-state index contributed by atoms with van der Waals surface area (Å²) in [5, 5.41) is 35.8. The molecule has 0 aromatic heterocycles. The number of carbonyl (C=O) groups is 6. The van der Waals surface area contributed by atoms with E-state index in [1.165, 1.54) is 0 Å². The first-order valence-electron chi connectivity index (χ1n) is 17.4. The van der Waals surface area contributed by atoms with Crippen LogP contribution >= 0.6 is 23.5 Å². The quantitative estimate of drug-likeness (QED) is 0.0643. The van der Waals surface area contributed by atoms with Crippen LogP contribution in [0.15, 0.2) is 0 Å². The molecule has 0 saturated carbocycles. The van der Waals surface area contributed by atoms with E-state index < -0.39 is 18.0 Å². The van der Waals surface area contributed by atoms with Crippen LogP contribution in [0.4, 0.5) is 9.59 Å². The molecular formula is C32H54N6O8S2. The Kier molecular flexibility index (Phi) is 17.5. The SMILES string of the molecule is CCCCC(NC(=O)CCCC[C@@H]1SC[C@@H]2NC(=O)N[C@@H]21)C(=O)O.O=C(O)CCCCCNC(=O)CCCC[C@@H]1SC[C@@H]2NC(=O)N[C@@H]21. The number of hydrogen-bond acceptors (Lipinski definition) is 8. The van der Waals surface area contributed by atoms with Crippen LogP contribution < -0.4 is 31.9 Å². The first-order valence-corrected chi connectivity index (χ1v) is 19.5. The van der Waals surface area contributed by atoms with Crippen LogP contribution in [0.1, 0.15) is 103 Å². The molecule has 6 amide bonds. The van der Waals surface area contributed by atoms with Crippen LogP contribution in [-0.4, -0.2) is 105 Å². The number of urea groups is 2. The zero-order valence-electron chi connectivity index (χ0n) is 27.9. The molecule has 4 rings (SSSR count). The summed E-state index contributed by atoms with van der Waals surface area (Å²) in [5.74, 6) is 0.0589. The molecule has 4 aliphatic rings. The predicted molar refractivity (Wildman–Crippen MR) is 186 cm³/mol. The van der Waals surface area contributed by atoms with Gasteiger partial charge < -0.3 is 42.1 Å². The van der Waals surface area contributed by atoms with E-state index in [4.69, 9.17) is 10.2 Å². The normalized spacial score (nSPS) is 25.7. The smallest absolute Gasteiger partial charge is 0.326 e. The van der Waals surface area contributed by atoms with Crippen LogP contribution in [-0.2, 0) is 19.2 Å². The van der Waals surface area contributed by atoms with Gasteiger partial charge in [-0.05, 0) is 44.9 Å². The Morgan fingerprint density at radius 3 is 1.79 bits per heavy atom. The average Bonchev–Trinajstić information content (AvgIpc) is 3.79. The second-order valence-corrected chi connectivity index (χ2v) is 15.4. The molecule has 0 aromatic rings. The second kappa shape index (κ2) is 21.3. The van der Waals surface area contributed by atoms with Gasteiger partial charge in [0.25, 0.3) is 0 Å². The molecule has 0 aromatic carbocycles. The summed E-state index contributed by atoms with van der Waals surface area (Å²) >= 11 is 3.76. The van der Waals surface area contributed by atoms with Gasteiger partial charge in [0.2, 0.25) is 11.8 Å². The van der Waals surface area contributed by atoms with Crippen molar-refractivity contribution in [3.63, 3.8) is 0 Å². The van der Waals surface area contributed by atoms with Crippen LogP contribution in [0, 0.1) is 0 Å². The minimum atomic E-state index is -0.963. The summed E-state index contributed by atoms with van der Waals surface area (Å²) < 4.78 is 0. The Labute approximate surface area is 291 Å². The molecular weight excluding hydrogens is 661 g/mol. The topological polar surface area (TPSA) is 215 Å². The van der Waals surface area contributed by atoms with Gasteiger partial charge in [-0.1, -0.05) is 39.0 Å². The number of nitrogens with one attached hydrogen (secondary N) is 6. The van der Waals surface area contributed by atoms with Crippen molar-refractivity contribution >= 4 is 59.3 Å². The second-order valence-electron chi connectivity index (χ2n) is 12.9. The molecule has 16 heteroatoms. The molecule has 0 spiro atoms. The lowest BCUT2D eigenvalue weighted by atomic mass is 10.0. The third-order valence-electron chi connectivity index (χ3n) is 9.03. The van der Waals surface area contributed by atoms with Gasteiger partial charge in [-0.2, -0.15) is 23.5 Å². The maximum atomic E-state index is 11.9. The number of carboxylic acids is 2. The lowest BCUT2D eigenvalue weighted by Gasteiger charge is -2.17. The first-order chi connectivity index (χ1) is 23.1. The summed E-state index contributed by atoms with van der Waals surface area (Å²) in [6.07, 6.45) is 11.1. The molecule has 0 bridgehead atoms. The van der Waals surface area contributed by atoms with Gasteiger partial charge in [0.15, 0.2) is 0 Å². The van der Waals surface area contributed by atoms with Crippen LogP contribution in [0.5, 0.6) is 0 Å². The summed E-state index contributed by atoms with van der Waals surface area (Å²) in [7, 11) is 0. The van der Waals surface area contributed by atoms with Gasteiger partial charge in [0.05, 0.1) is 24.2 Å². The fraction of sp³-hybridized carbons (Fsp3) is 0.812. The van der Waals surface area contributed by atoms with Gasteiger partial charge in [-0.15, -0.1) is 0 Å². The fourth-order valence-corrected chi connectivity index (χ4v) is 9.46. The Morgan fingerprint density at radius 2 is 1.27 bits per heavy atom. The van der Waals surface area contributed by atoms with Crippen molar-refractivity contribution in [1.82, 2.24) is 31.9 Å². The van der Waals surface area contributed by atoms with Crippen LogP contribution in [0.3, 0.4) is 0 Å². The largest absolute Gasteiger partial charge is 0.481 e. The molecule has 0 aliphatic carbocycles. The van der Waals surface area contributed by atoms with Crippen molar-refractivity contribution in [2.24, 2.45) is 0 Å². The van der Waals surface area contributed by atoms with Crippen molar-refractivity contribution in [1.29, 1.82) is 0 Å². The first kappa shape index (κ1) is 39.6. The van der Waals surface area contributed by atoms with Crippen LogP contribution in [0.2, 0.25) is 0 Å². The van der Waals surface area contributed by atoms with Gasteiger partial charge in [0, 0.05) is 47.8 Å². The monoisotopic (exact) mass is 714 g/mol. The molecule has 0 radical (unpaired) electrons. The van der Waals surface area contributed by atoms with E-state index in [2.05, 4.69) is 31.9 Å². The Morgan fingerprint density at radius 1 is 0.729 bits per heavy atom. The number of amides is 6. The number of thioether (sulfide) groups is 2. The highest BCUT2D eigenvalue weighted by Gasteiger charge is 2.43. The van der Waals surface area contributed by atoms with Gasteiger partial charge >= 0.3 is 24.0 Å². The third-order valence-corrected chi connectivity index (χ3v) is 12.0. The standard InChI is InChI=1S/2C16H27N3O4S/c20-13(17-9-5-1-2-8-14(21)22)7-4-3-6-12-15-11(10-24-12)18-16(23)19-15;1-2-3-6-10(15(21)22)17-13(20)8-5-4-7-12-14-11(9-24-12)18-16(23)19-14/h11-12,15H,1-10H2,(H,17,20)(H,21,22)(H2,18,19,23);10-12,14H,2-9H2,1H3,(H,17,20)(H,21,22)(H2,18,19,23)/t11-,12-,15-;10?,11-,12-,14-/m00/s1. The highest BCUT2D eigenvalue weighted by molar-refractivity contribution is 8.00. The number of carboxylic acid groups (broad SMARTS) is 2. The third kappa shape index (κ3) is 13.9. The Bertz CT molecular complexity index is 1100. The van der Waals surface area contributed by atoms with E-state index >= 15 is 0 Å². The number of unbranched alkanes of at least 4 members (excludes halogenated alkanes) is 5. The Hall–Kier alpha value is -2.88. The highest BCUT2D eigenvalue weighted by Crippen LogP contribution is 2.34. The molecule has 8 N–H and O–H groups in total. The van der Waals surface area contributed by atoms with Crippen molar-refractivity contribution in [2.75, 3.05) is 18.1 Å². The van der Waals surface area contributed by atoms with Crippen molar-refractivity contribution in [3.05, 3.63) is 0 Å². The van der Waals surface area contributed by atoms with Crippen LogP contribution in [0.25, 0.3) is 0 Å². The molecule has 4 fully saturated rings. The molecule has 4 heterocycles. The minimum Gasteiger partial charge on any atom is -0.481 e. The van der Waals surface area contributed by atoms with Crippen molar-refractivity contribution in [3.8, 4) is 0 Å². The lowest BCUT2D eigenvalue weighted by molar-refractivity contribution is -0.142. The molecule has 4 saturated heterocycles. The van der Waals surface area contributed by atoms with Gasteiger partial charge in [-0.25, -0.2) is 14.4 Å². The number of aliphatic carboxylic acids is 2. The highest BCUT2D eigenvalue weighted by atomic mass is 32.2. The summed E-state index contributed by atoms with van der Waals surface area (Å²) in [6, 6.07) is 0.00868. The predicted octanol–water partition coefficient (Wildman–Crippen LogP) is 2.95.